The van der Waals surface area contributed by atoms with Crippen LogP contribution in [0.2, 0.25) is 0 Å². The number of phenolic OH excluding ortho intramolecular Hbond substituents is 2. The molecule has 182 valence electrons. The minimum absolute atomic E-state index is 0.165. The van der Waals surface area contributed by atoms with Crippen LogP contribution < -0.4 is 14.2 Å². The van der Waals surface area contributed by atoms with E-state index in [1.165, 1.54) is 21.3 Å². The zero-order chi connectivity index (χ0) is 24.9. The van der Waals surface area contributed by atoms with Crippen LogP contribution in [0.1, 0.15) is 39.2 Å². The van der Waals surface area contributed by atoms with E-state index in [1.54, 1.807) is 12.1 Å². The molecule has 0 radical (unpaired) electrons. The van der Waals surface area contributed by atoms with E-state index in [4.69, 9.17) is 18.9 Å². The normalized spacial score (nSPS) is 19.0. The Hall–Kier alpha value is -3.91. The van der Waals surface area contributed by atoms with Gasteiger partial charge in [-0.3, -0.25) is 4.90 Å². The highest BCUT2D eigenvalue weighted by Crippen LogP contribution is 2.57. The summed E-state index contributed by atoms with van der Waals surface area (Å²) in [6.07, 6.45) is -0.0845. The van der Waals surface area contributed by atoms with Gasteiger partial charge in [0.15, 0.2) is 23.0 Å². The van der Waals surface area contributed by atoms with Gasteiger partial charge in [0.05, 0.1) is 27.4 Å². The standard InChI is InChI=1S/C27H27NO7/c1-28-13-12-15-18(14-8-6-5-7-9-14)22(29)23(30)26(34-4)19(15)21(28)24-16-10-11-17(32-2)25(33-3)20(16)27(31)35-24/h5-11,21,24,29-30H,12-13H2,1-4H3/t21-,24?/m1/s1. The summed E-state index contributed by atoms with van der Waals surface area (Å²) in [4.78, 5) is 15.1. The number of methoxy groups -OCH3 is 3. The molecular weight excluding hydrogens is 450 g/mol. The fourth-order valence-corrected chi connectivity index (χ4v) is 5.36. The third-order valence-corrected chi connectivity index (χ3v) is 6.91. The first-order valence-corrected chi connectivity index (χ1v) is 11.3. The van der Waals surface area contributed by atoms with Crippen molar-refractivity contribution in [3.8, 4) is 39.9 Å². The number of aromatic hydroxyl groups is 2. The van der Waals surface area contributed by atoms with Gasteiger partial charge in [0.25, 0.3) is 0 Å². The summed E-state index contributed by atoms with van der Waals surface area (Å²) in [6, 6.07) is 12.5. The summed E-state index contributed by atoms with van der Waals surface area (Å²) < 4.78 is 22.4. The largest absolute Gasteiger partial charge is 0.504 e. The van der Waals surface area contributed by atoms with Crippen molar-refractivity contribution in [1.29, 1.82) is 0 Å². The summed E-state index contributed by atoms with van der Waals surface area (Å²) >= 11 is 0. The van der Waals surface area contributed by atoms with E-state index >= 15 is 0 Å². The quantitative estimate of drug-likeness (QED) is 0.416. The molecular formula is C27H27NO7. The number of nitrogens with zero attached hydrogens (tertiary/aromatic N) is 1. The van der Waals surface area contributed by atoms with Crippen molar-refractivity contribution < 1.29 is 34.0 Å². The lowest BCUT2D eigenvalue weighted by molar-refractivity contribution is 0.00873. The predicted molar refractivity (Wildman–Crippen MR) is 129 cm³/mol. The molecule has 0 amide bonds. The number of rotatable bonds is 5. The van der Waals surface area contributed by atoms with E-state index in [-0.39, 0.29) is 17.2 Å². The van der Waals surface area contributed by atoms with Crippen LogP contribution in [0.25, 0.3) is 11.1 Å². The zero-order valence-corrected chi connectivity index (χ0v) is 20.0. The molecule has 3 aromatic rings. The van der Waals surface area contributed by atoms with Crippen molar-refractivity contribution in [2.24, 2.45) is 0 Å². The lowest BCUT2D eigenvalue weighted by Gasteiger charge is -2.39. The Kier molecular flexibility index (Phi) is 5.68. The number of hydrogen-bond acceptors (Lipinski definition) is 8. The average molecular weight is 478 g/mol. The highest BCUT2D eigenvalue weighted by molar-refractivity contribution is 5.98. The maximum absolute atomic E-state index is 13.1. The molecule has 0 saturated heterocycles. The monoisotopic (exact) mass is 477 g/mol. The van der Waals surface area contributed by atoms with Crippen molar-refractivity contribution in [3.63, 3.8) is 0 Å². The summed E-state index contributed by atoms with van der Waals surface area (Å²) in [7, 11) is 6.38. The molecule has 1 unspecified atom stereocenters. The van der Waals surface area contributed by atoms with Crippen LogP contribution in [0.4, 0.5) is 0 Å². The van der Waals surface area contributed by atoms with Gasteiger partial charge in [-0.2, -0.15) is 0 Å². The first kappa shape index (κ1) is 22.9. The molecule has 2 aliphatic rings. The molecule has 0 aromatic heterocycles. The Morgan fingerprint density at radius 3 is 2.29 bits per heavy atom. The predicted octanol–water partition coefficient (Wildman–Crippen LogP) is 4.23. The number of fused-ring (bicyclic) bond motifs is 2. The number of carbonyl (C=O) groups excluding carboxylic acids is 1. The smallest absolute Gasteiger partial charge is 0.343 e. The number of likely N-dealkylation sites (N-methyl/N-ethyl adjacent to an activating group) is 1. The van der Waals surface area contributed by atoms with E-state index in [0.29, 0.717) is 46.7 Å². The number of hydrogen-bond donors (Lipinski definition) is 2. The van der Waals surface area contributed by atoms with E-state index in [0.717, 1.165) is 11.1 Å². The van der Waals surface area contributed by atoms with Gasteiger partial charge in [-0.05, 0) is 30.7 Å². The molecule has 2 heterocycles. The van der Waals surface area contributed by atoms with Gasteiger partial charge in [-0.1, -0.05) is 36.4 Å². The lowest BCUT2D eigenvalue weighted by Crippen LogP contribution is -2.36. The maximum atomic E-state index is 13.1. The van der Waals surface area contributed by atoms with Gasteiger partial charge >= 0.3 is 5.97 Å². The molecule has 0 saturated carbocycles. The molecule has 2 N–H and O–H groups in total. The molecule has 5 rings (SSSR count). The van der Waals surface area contributed by atoms with Crippen molar-refractivity contribution in [1.82, 2.24) is 4.90 Å². The van der Waals surface area contributed by atoms with Crippen molar-refractivity contribution >= 4 is 5.97 Å². The number of phenols is 2. The van der Waals surface area contributed by atoms with Gasteiger partial charge in [-0.15, -0.1) is 0 Å². The van der Waals surface area contributed by atoms with Crippen LogP contribution in [0.15, 0.2) is 42.5 Å². The Morgan fingerprint density at radius 1 is 0.914 bits per heavy atom. The van der Waals surface area contributed by atoms with E-state index in [9.17, 15) is 15.0 Å². The third kappa shape index (κ3) is 3.36. The molecule has 0 fully saturated rings. The molecule has 3 aromatic carbocycles. The fraction of sp³-hybridized carbons (Fsp3) is 0.296. The maximum Gasteiger partial charge on any atom is 0.343 e. The van der Waals surface area contributed by atoms with Gasteiger partial charge in [-0.25, -0.2) is 4.79 Å². The van der Waals surface area contributed by atoms with E-state index in [1.807, 2.05) is 37.4 Å². The Labute approximate surface area is 203 Å². The second-order valence-electron chi connectivity index (χ2n) is 8.63. The van der Waals surface area contributed by atoms with Crippen LogP contribution in [-0.2, 0) is 11.2 Å². The van der Waals surface area contributed by atoms with Crippen LogP contribution in [0, 0.1) is 0 Å². The van der Waals surface area contributed by atoms with Gasteiger partial charge in [0.1, 0.15) is 11.7 Å². The van der Waals surface area contributed by atoms with Crippen molar-refractivity contribution in [3.05, 3.63) is 64.7 Å². The SMILES string of the molecule is COc1ccc2c(c1OC)C(=O)OC2[C@H]1c2c(c(-c3ccccc3)c(O)c(O)c2OC)CCN1C. The summed E-state index contributed by atoms with van der Waals surface area (Å²) in [6.45, 7) is 0.640. The molecule has 8 nitrogen and oxygen atoms in total. The van der Waals surface area contributed by atoms with Crippen LogP contribution in [0.5, 0.6) is 28.7 Å². The first-order chi connectivity index (χ1) is 16.9. The summed E-state index contributed by atoms with van der Waals surface area (Å²) in [5.74, 6) is -0.160. The van der Waals surface area contributed by atoms with Crippen LogP contribution >= 0.6 is 0 Å². The third-order valence-electron chi connectivity index (χ3n) is 6.91. The van der Waals surface area contributed by atoms with Gasteiger partial charge in [0.2, 0.25) is 5.75 Å². The second kappa shape index (κ2) is 8.70. The van der Waals surface area contributed by atoms with Crippen molar-refractivity contribution in [2.75, 3.05) is 34.9 Å². The number of ether oxygens (including phenoxy) is 4. The Balaban J connectivity index is 1.76. The zero-order valence-electron chi connectivity index (χ0n) is 20.0. The minimum atomic E-state index is -0.692. The number of carbonyl (C=O) groups is 1. The second-order valence-corrected chi connectivity index (χ2v) is 8.63. The van der Waals surface area contributed by atoms with Crippen LogP contribution in [0.3, 0.4) is 0 Å². The Bertz CT molecular complexity index is 1310. The molecule has 0 aliphatic carbocycles. The summed E-state index contributed by atoms with van der Waals surface area (Å²) in [5, 5.41) is 22.0. The molecule has 0 bridgehead atoms. The average Bonchev–Trinajstić information content (AvgIpc) is 3.21. The molecule has 0 spiro atoms. The highest BCUT2D eigenvalue weighted by Gasteiger charge is 2.46. The molecule has 8 heteroatoms. The molecule has 2 atom stereocenters. The van der Waals surface area contributed by atoms with Crippen molar-refractivity contribution in [2.45, 2.75) is 18.6 Å². The Morgan fingerprint density at radius 2 is 1.63 bits per heavy atom. The number of esters is 1. The number of benzene rings is 3. The van der Waals surface area contributed by atoms with E-state index < -0.39 is 18.1 Å². The molecule has 2 aliphatic heterocycles. The first-order valence-electron chi connectivity index (χ1n) is 11.3. The topological polar surface area (TPSA) is 97.7 Å². The van der Waals surface area contributed by atoms with Gasteiger partial charge < -0.3 is 29.2 Å². The number of cyclic esters (lactones) is 1. The van der Waals surface area contributed by atoms with E-state index in [2.05, 4.69) is 4.90 Å². The fourth-order valence-electron chi connectivity index (χ4n) is 5.36. The van der Waals surface area contributed by atoms with Gasteiger partial charge in [0, 0.05) is 23.2 Å². The summed E-state index contributed by atoms with van der Waals surface area (Å²) in [5.41, 5.74) is 3.83. The molecule has 35 heavy (non-hydrogen) atoms. The van der Waals surface area contributed by atoms with Crippen LogP contribution in [-0.4, -0.2) is 56.0 Å². The highest BCUT2D eigenvalue weighted by atomic mass is 16.6. The minimum Gasteiger partial charge on any atom is -0.504 e. The lowest BCUT2D eigenvalue weighted by atomic mass is 9.81.